The lowest BCUT2D eigenvalue weighted by molar-refractivity contribution is -0.139. The highest BCUT2D eigenvalue weighted by Gasteiger charge is 2.26. The number of carboxylic acids is 1. The molecule has 3 aromatic carbocycles. The standard InChI is InChI=1S/C29H27NO4.CH4/c31-26(32)19-33-23-15-9-14-22(18-23)24-16-7-8-17-25(24)29-30-27(20-10-3-1-4-11-20)28(34-29)21-12-5-2-6-13-21;/h1,3-4,7-11,14-18,21H,2,5-6,12-13,19H2,(H,31,32);1H4. The molecule has 1 N–H and O–H groups in total. The smallest absolute Gasteiger partial charge is 0.341 e. The first-order chi connectivity index (χ1) is 16.7. The summed E-state index contributed by atoms with van der Waals surface area (Å²) in [7, 11) is 0. The molecule has 0 aliphatic heterocycles. The molecule has 5 rings (SSSR count). The number of carbonyl (C=O) groups is 1. The van der Waals surface area contributed by atoms with Gasteiger partial charge < -0.3 is 14.3 Å². The Morgan fingerprint density at radius 2 is 1.57 bits per heavy atom. The van der Waals surface area contributed by atoms with E-state index in [1.165, 1.54) is 19.3 Å². The van der Waals surface area contributed by atoms with E-state index in [2.05, 4.69) is 12.1 Å². The summed E-state index contributed by atoms with van der Waals surface area (Å²) in [5.74, 6) is 1.47. The molecule has 1 aliphatic rings. The summed E-state index contributed by atoms with van der Waals surface area (Å²) >= 11 is 0. The van der Waals surface area contributed by atoms with Crippen LogP contribution in [0.2, 0.25) is 0 Å². The lowest BCUT2D eigenvalue weighted by atomic mass is 9.86. The van der Waals surface area contributed by atoms with Crippen LogP contribution in [-0.2, 0) is 4.79 Å². The average Bonchev–Trinajstić information content (AvgIpc) is 3.34. The summed E-state index contributed by atoms with van der Waals surface area (Å²) in [6, 6.07) is 25.7. The number of nitrogens with zero attached hydrogens (tertiary/aromatic N) is 1. The van der Waals surface area contributed by atoms with Crippen LogP contribution in [0.4, 0.5) is 0 Å². The highest BCUT2D eigenvalue weighted by molar-refractivity contribution is 5.81. The quantitative estimate of drug-likeness (QED) is 0.299. The third-order valence-corrected chi connectivity index (χ3v) is 6.34. The van der Waals surface area contributed by atoms with Gasteiger partial charge in [0, 0.05) is 17.0 Å². The topological polar surface area (TPSA) is 72.6 Å². The Hall–Kier alpha value is -3.86. The molecular formula is C30H31NO4. The first-order valence-corrected chi connectivity index (χ1v) is 11.8. The van der Waals surface area contributed by atoms with Gasteiger partial charge >= 0.3 is 5.97 Å². The third-order valence-electron chi connectivity index (χ3n) is 6.34. The molecule has 180 valence electrons. The van der Waals surface area contributed by atoms with E-state index in [1.54, 1.807) is 6.07 Å². The van der Waals surface area contributed by atoms with Gasteiger partial charge in [-0.05, 0) is 42.2 Å². The predicted molar refractivity (Wildman–Crippen MR) is 138 cm³/mol. The lowest BCUT2D eigenvalue weighted by Gasteiger charge is -2.20. The zero-order valence-electron chi connectivity index (χ0n) is 18.9. The van der Waals surface area contributed by atoms with Gasteiger partial charge in [0.15, 0.2) is 6.61 Å². The van der Waals surface area contributed by atoms with Crippen LogP contribution in [0.25, 0.3) is 33.8 Å². The minimum atomic E-state index is -1.01. The van der Waals surface area contributed by atoms with Crippen molar-refractivity contribution in [3.63, 3.8) is 0 Å². The van der Waals surface area contributed by atoms with Crippen molar-refractivity contribution in [3.05, 3.63) is 84.6 Å². The van der Waals surface area contributed by atoms with Crippen molar-refractivity contribution in [3.8, 4) is 39.6 Å². The van der Waals surface area contributed by atoms with Gasteiger partial charge in [0.2, 0.25) is 5.89 Å². The van der Waals surface area contributed by atoms with Gasteiger partial charge in [0.1, 0.15) is 17.2 Å². The maximum absolute atomic E-state index is 10.9. The molecule has 0 unspecified atom stereocenters. The summed E-state index contributed by atoms with van der Waals surface area (Å²) in [5.41, 5.74) is 4.77. The van der Waals surface area contributed by atoms with E-state index in [4.69, 9.17) is 19.2 Å². The molecule has 1 aliphatic carbocycles. The Balaban J connectivity index is 0.00000289. The fourth-order valence-corrected chi connectivity index (χ4v) is 4.71. The highest BCUT2D eigenvalue weighted by Crippen LogP contribution is 2.42. The zero-order chi connectivity index (χ0) is 23.3. The van der Waals surface area contributed by atoms with E-state index in [9.17, 15) is 4.79 Å². The summed E-state index contributed by atoms with van der Waals surface area (Å²) in [6.07, 6.45) is 5.96. The molecule has 35 heavy (non-hydrogen) atoms. The number of hydrogen-bond donors (Lipinski definition) is 1. The van der Waals surface area contributed by atoms with Crippen LogP contribution in [-0.4, -0.2) is 22.7 Å². The van der Waals surface area contributed by atoms with Crippen LogP contribution < -0.4 is 4.74 Å². The van der Waals surface area contributed by atoms with Crippen LogP contribution >= 0.6 is 0 Å². The molecule has 1 heterocycles. The van der Waals surface area contributed by atoms with Gasteiger partial charge in [-0.1, -0.05) is 87.4 Å². The maximum atomic E-state index is 10.9. The normalized spacial score (nSPS) is 13.7. The number of rotatable bonds is 7. The fraction of sp³-hybridized carbons (Fsp3) is 0.267. The molecule has 5 nitrogen and oxygen atoms in total. The summed E-state index contributed by atoms with van der Waals surface area (Å²) in [6.45, 7) is -0.379. The average molecular weight is 470 g/mol. The van der Waals surface area contributed by atoms with E-state index in [-0.39, 0.29) is 14.0 Å². The Morgan fingerprint density at radius 1 is 0.886 bits per heavy atom. The molecule has 0 spiro atoms. The largest absolute Gasteiger partial charge is 0.482 e. The predicted octanol–water partition coefficient (Wildman–Crippen LogP) is 7.82. The van der Waals surface area contributed by atoms with E-state index < -0.39 is 5.97 Å². The fourth-order valence-electron chi connectivity index (χ4n) is 4.71. The monoisotopic (exact) mass is 469 g/mol. The minimum absolute atomic E-state index is 0. The molecule has 0 radical (unpaired) electrons. The van der Waals surface area contributed by atoms with Crippen LogP contribution in [0, 0.1) is 0 Å². The summed E-state index contributed by atoms with van der Waals surface area (Å²) in [4.78, 5) is 15.9. The number of aromatic nitrogens is 1. The molecule has 0 saturated heterocycles. The zero-order valence-corrected chi connectivity index (χ0v) is 18.9. The SMILES string of the molecule is C.O=C(O)COc1cccc(-c2ccccc2-c2nc(-c3ccccc3)c(C3CCCCC3)o2)c1. The number of hydrogen-bond acceptors (Lipinski definition) is 4. The molecule has 0 amide bonds. The Labute approximate surface area is 206 Å². The van der Waals surface area contributed by atoms with Gasteiger partial charge in [0.05, 0.1) is 0 Å². The third kappa shape index (κ3) is 5.46. The summed E-state index contributed by atoms with van der Waals surface area (Å²) < 4.78 is 11.9. The second-order valence-electron chi connectivity index (χ2n) is 8.69. The highest BCUT2D eigenvalue weighted by atomic mass is 16.5. The van der Waals surface area contributed by atoms with Gasteiger partial charge in [-0.3, -0.25) is 0 Å². The van der Waals surface area contributed by atoms with Crippen molar-refractivity contribution in [2.45, 2.75) is 45.4 Å². The van der Waals surface area contributed by atoms with Gasteiger partial charge in [-0.2, -0.15) is 0 Å². The van der Waals surface area contributed by atoms with Crippen molar-refractivity contribution in [1.82, 2.24) is 4.98 Å². The van der Waals surface area contributed by atoms with Crippen molar-refractivity contribution in [2.24, 2.45) is 0 Å². The van der Waals surface area contributed by atoms with E-state index in [0.717, 1.165) is 46.5 Å². The van der Waals surface area contributed by atoms with Gasteiger partial charge in [-0.15, -0.1) is 0 Å². The van der Waals surface area contributed by atoms with E-state index in [0.29, 0.717) is 17.6 Å². The number of oxazole rings is 1. The molecule has 1 fully saturated rings. The van der Waals surface area contributed by atoms with Crippen molar-refractivity contribution in [1.29, 1.82) is 0 Å². The van der Waals surface area contributed by atoms with Crippen molar-refractivity contribution < 1.29 is 19.1 Å². The first-order valence-electron chi connectivity index (χ1n) is 11.8. The Morgan fingerprint density at radius 3 is 2.31 bits per heavy atom. The Bertz CT molecular complexity index is 1270. The molecule has 5 heteroatoms. The van der Waals surface area contributed by atoms with Gasteiger partial charge in [-0.25, -0.2) is 9.78 Å². The van der Waals surface area contributed by atoms with E-state index in [1.807, 2.05) is 60.7 Å². The van der Waals surface area contributed by atoms with Crippen LogP contribution in [0.3, 0.4) is 0 Å². The van der Waals surface area contributed by atoms with Gasteiger partial charge in [0.25, 0.3) is 0 Å². The lowest BCUT2D eigenvalue weighted by Crippen LogP contribution is -2.09. The second kappa shape index (κ2) is 11.0. The molecule has 1 aromatic heterocycles. The molecule has 0 bridgehead atoms. The Kier molecular flexibility index (Phi) is 7.66. The number of benzene rings is 3. The molecule has 1 saturated carbocycles. The van der Waals surface area contributed by atoms with Crippen molar-refractivity contribution >= 4 is 5.97 Å². The number of carboxylic acid groups (broad SMARTS) is 1. The molecular weight excluding hydrogens is 438 g/mol. The van der Waals surface area contributed by atoms with Crippen molar-refractivity contribution in [2.75, 3.05) is 6.61 Å². The molecule has 4 aromatic rings. The molecule has 0 atom stereocenters. The first kappa shape index (κ1) is 24.3. The second-order valence-corrected chi connectivity index (χ2v) is 8.69. The van der Waals surface area contributed by atoms with Crippen LogP contribution in [0.5, 0.6) is 5.75 Å². The van der Waals surface area contributed by atoms with E-state index >= 15 is 0 Å². The van der Waals surface area contributed by atoms with Crippen LogP contribution in [0.15, 0.2) is 83.3 Å². The number of ether oxygens (including phenoxy) is 1. The minimum Gasteiger partial charge on any atom is -0.482 e. The number of aliphatic carboxylic acids is 1. The summed E-state index contributed by atoms with van der Waals surface area (Å²) in [5, 5.41) is 8.94. The van der Waals surface area contributed by atoms with Crippen LogP contribution in [0.1, 0.15) is 51.2 Å². The maximum Gasteiger partial charge on any atom is 0.341 e.